The third-order valence-electron chi connectivity index (χ3n) is 16.7. The van der Waals surface area contributed by atoms with Crippen LogP contribution >= 0.6 is 0 Å². The van der Waals surface area contributed by atoms with E-state index in [9.17, 15) is 65.6 Å². The Balaban J connectivity index is 0.000000153. The van der Waals surface area contributed by atoms with Crippen molar-refractivity contribution in [3.63, 3.8) is 0 Å². The van der Waals surface area contributed by atoms with Crippen LogP contribution in [0.4, 0.5) is 31.4 Å². The van der Waals surface area contributed by atoms with Gasteiger partial charge in [0.25, 0.3) is 30.1 Å². The summed E-state index contributed by atoms with van der Waals surface area (Å²) >= 11 is 0. The lowest BCUT2D eigenvalue weighted by Crippen LogP contribution is -2.35. The predicted octanol–water partition coefficient (Wildman–Crippen LogP) is 7.56. The van der Waals surface area contributed by atoms with Gasteiger partial charge in [-0.2, -0.15) is 56.3 Å². The van der Waals surface area contributed by atoms with E-state index in [0.717, 1.165) is 97.6 Å². The maximum atomic E-state index is 12.9. The number of amides is 6. The van der Waals surface area contributed by atoms with Gasteiger partial charge in [-0.25, -0.2) is 43.5 Å². The summed E-state index contributed by atoms with van der Waals surface area (Å²) in [6.07, 6.45) is 16.6. The number of urea groups is 3. The molecule has 6 aromatic heterocycles. The Morgan fingerprint density at radius 3 is 1.30 bits per heavy atom. The lowest BCUT2D eigenvalue weighted by Gasteiger charge is -2.17. The van der Waals surface area contributed by atoms with Gasteiger partial charge in [0.05, 0.1) is 54.5 Å². The van der Waals surface area contributed by atoms with E-state index in [4.69, 9.17) is 4.74 Å². The predicted molar refractivity (Wildman–Crippen MR) is 366 cm³/mol. The van der Waals surface area contributed by atoms with Crippen molar-refractivity contribution in [1.82, 2.24) is 58.5 Å². The van der Waals surface area contributed by atoms with Gasteiger partial charge in [0.2, 0.25) is 0 Å². The zero-order chi connectivity index (χ0) is 71.8. The van der Waals surface area contributed by atoms with Crippen molar-refractivity contribution in [2.75, 3.05) is 29.2 Å². The van der Waals surface area contributed by atoms with Crippen LogP contribution < -0.4 is 30.1 Å². The van der Waals surface area contributed by atoms with Crippen LogP contribution in [0.15, 0.2) is 143 Å². The fraction of sp³-hybridized carbons (Fsp3) is 0.294. The van der Waals surface area contributed by atoms with Gasteiger partial charge in [0, 0.05) is 60.5 Å². The number of aliphatic hydroxyl groups is 2. The molecular formula is C68H68N18O12S3. The number of ether oxygens (including phenoxy) is 1. The smallest absolute Gasteiger partial charge is 0.333 e. The van der Waals surface area contributed by atoms with Crippen LogP contribution in [0.25, 0.3) is 33.4 Å². The third kappa shape index (κ3) is 17.1. The van der Waals surface area contributed by atoms with Crippen LogP contribution in [0, 0.1) is 34.0 Å². The molecule has 30 nitrogen and oxygen atoms in total. The lowest BCUT2D eigenvalue weighted by molar-refractivity contribution is 0.0573. The first kappa shape index (κ1) is 71.0. The summed E-state index contributed by atoms with van der Waals surface area (Å²) in [5.74, 6) is 0. The second-order valence-electron chi connectivity index (χ2n) is 24.8. The second-order valence-corrected chi connectivity index (χ2v) is 29.7. The minimum absolute atomic E-state index is 0.0223. The first-order valence-corrected chi connectivity index (χ1v) is 36.4. The van der Waals surface area contributed by atoms with Crippen molar-refractivity contribution < 1.29 is 54.6 Å². The van der Waals surface area contributed by atoms with Gasteiger partial charge in [0.1, 0.15) is 35.3 Å². The van der Waals surface area contributed by atoms with E-state index in [-0.39, 0.29) is 51.3 Å². The molecule has 3 aliphatic carbocycles. The van der Waals surface area contributed by atoms with Gasteiger partial charge in [-0.1, -0.05) is 36.4 Å². The second kappa shape index (κ2) is 30.1. The van der Waals surface area contributed by atoms with Crippen molar-refractivity contribution in [2.24, 2.45) is 0 Å². The molecule has 8 N–H and O–H groups in total. The number of pyridine rings is 3. The molecule has 1 fully saturated rings. The monoisotopic (exact) mass is 1420 g/mol. The molecule has 101 heavy (non-hydrogen) atoms. The minimum atomic E-state index is -4.25. The van der Waals surface area contributed by atoms with E-state index >= 15 is 0 Å². The number of carbonyl (C=O) groups excluding carboxylic acids is 3. The number of benzene rings is 3. The molecule has 4 aliphatic rings. The molecule has 0 saturated carbocycles. The number of nitrogens with zero attached hydrogens (tertiary/aromatic N) is 12. The number of anilines is 3. The van der Waals surface area contributed by atoms with Crippen LogP contribution in [0.5, 0.6) is 0 Å². The molecule has 1 saturated heterocycles. The van der Waals surface area contributed by atoms with Crippen LogP contribution in [-0.4, -0.2) is 123 Å². The molecule has 1 aliphatic heterocycles. The number of aryl methyl sites for hydroxylation is 3. The summed E-state index contributed by atoms with van der Waals surface area (Å²) in [7, 11) is -12.6. The van der Waals surface area contributed by atoms with Crippen molar-refractivity contribution >= 4 is 65.2 Å². The number of hydrogen-bond donors (Lipinski definition) is 8. The summed E-state index contributed by atoms with van der Waals surface area (Å²) in [5, 5.41) is 66.2. The SMILES string of the molecule is CC(C)(O)Cn1ccc(S(=O)(=O)NC(=O)Nc2c(-c3ccnc(C#N)c3)ccc3c2CCC3)n1.C[C@@H](O)Cn1ccc(S(=O)(=O)NC(=O)Nc2c(-c3ccnc(C#N)c3)ccc3c2CCC3)n1.N#Cc1cc(-c2ccc3c(c2NC(=O)NS(=O)(=O)c2ccn(C4CCOC4)n2)CCC3)ccn1. The van der Waals surface area contributed by atoms with Crippen molar-refractivity contribution in [1.29, 1.82) is 15.8 Å². The molecule has 13 rings (SSSR count). The zero-order valence-corrected chi connectivity index (χ0v) is 57.2. The molecular weight excluding hydrogens is 1360 g/mol. The number of hydrogen-bond acceptors (Lipinski definition) is 21. The first-order chi connectivity index (χ1) is 48.3. The summed E-state index contributed by atoms with van der Waals surface area (Å²) in [5.41, 5.74) is 11.4. The molecule has 9 aromatic rings. The average Bonchev–Trinajstić information content (AvgIpc) is 1.78. The number of nitriles is 3. The van der Waals surface area contributed by atoms with E-state index in [0.29, 0.717) is 63.7 Å². The van der Waals surface area contributed by atoms with Gasteiger partial charge in [-0.05, 0) is 190 Å². The molecule has 3 aromatic carbocycles. The molecule has 7 heterocycles. The molecule has 2 atom stereocenters. The van der Waals surface area contributed by atoms with Crippen LogP contribution in [0.2, 0.25) is 0 Å². The highest BCUT2D eigenvalue weighted by molar-refractivity contribution is 7.90. The van der Waals surface area contributed by atoms with Crippen LogP contribution in [-0.2, 0) is 86.4 Å². The lowest BCUT2D eigenvalue weighted by atomic mass is 9.97. The Kier molecular flexibility index (Phi) is 21.2. The average molecular weight is 1430 g/mol. The number of carbonyl (C=O) groups is 3. The summed E-state index contributed by atoms with van der Waals surface area (Å²) in [4.78, 5) is 50.4. The number of rotatable bonds is 17. The number of sulfonamides is 3. The van der Waals surface area contributed by atoms with Crippen LogP contribution in [0.3, 0.4) is 0 Å². The number of aromatic nitrogens is 9. The van der Waals surface area contributed by atoms with Gasteiger partial charge < -0.3 is 30.9 Å². The summed E-state index contributed by atoms with van der Waals surface area (Å²) < 4.78 is 91.9. The van der Waals surface area contributed by atoms with Gasteiger partial charge in [0.15, 0.2) is 15.1 Å². The Bertz CT molecular complexity index is 5170. The van der Waals surface area contributed by atoms with Gasteiger partial charge >= 0.3 is 18.1 Å². The molecule has 0 spiro atoms. The largest absolute Gasteiger partial charge is 0.391 e. The summed E-state index contributed by atoms with van der Waals surface area (Å²) in [6, 6.07) is 28.8. The van der Waals surface area contributed by atoms with Gasteiger partial charge in [-0.15, -0.1) is 0 Å². The quantitative estimate of drug-likeness (QED) is 0.0436. The van der Waals surface area contributed by atoms with E-state index in [1.807, 2.05) is 64.1 Å². The highest BCUT2D eigenvalue weighted by Crippen LogP contribution is 2.41. The van der Waals surface area contributed by atoms with Gasteiger partial charge in [-0.3, -0.25) is 14.0 Å². The zero-order valence-electron chi connectivity index (χ0n) is 54.7. The Morgan fingerprint density at radius 2 is 0.931 bits per heavy atom. The molecule has 520 valence electrons. The van der Waals surface area contributed by atoms with Crippen molar-refractivity contribution in [2.45, 2.75) is 131 Å². The topological polar surface area (TPSA) is 439 Å². The normalized spacial score (nSPS) is 14.7. The minimum Gasteiger partial charge on any atom is -0.391 e. The fourth-order valence-corrected chi connectivity index (χ4v) is 14.8. The Morgan fingerprint density at radius 1 is 0.554 bits per heavy atom. The Hall–Kier alpha value is -11.3. The highest BCUT2D eigenvalue weighted by Gasteiger charge is 2.30. The maximum Gasteiger partial charge on any atom is 0.333 e. The Labute approximate surface area is 581 Å². The van der Waals surface area contributed by atoms with E-state index in [1.54, 1.807) is 68.0 Å². The molecule has 33 heteroatoms. The number of fused-ring (bicyclic) bond motifs is 3. The van der Waals surface area contributed by atoms with E-state index in [2.05, 4.69) is 50.9 Å². The number of aliphatic hydroxyl groups excluding tert-OH is 1. The van der Waals surface area contributed by atoms with E-state index < -0.39 is 59.9 Å². The molecule has 0 radical (unpaired) electrons. The standard InChI is InChI=1S/C23H22N6O4S.C23H24N6O4S.C22H22N6O4S/c24-13-17-12-16(6-9-25-17)20-5-4-15-2-1-3-19(15)22(20)26-23(30)28-34(31,32)21-7-10-29(27-21)18-8-11-33-14-18;1-23(2,31)14-29-11-9-20(27-29)34(32,33)28-22(30)26-21-18-5-3-4-15(18)6-7-19(21)16-8-10-25-17(12-16)13-24;1-14(29)13-28-10-8-20(26-28)33(31,32)27-22(30)25-21-18-4-2-3-15(18)5-6-19(21)16-7-9-24-17(11-16)12-23/h4-7,9-10,12,18H,1-3,8,11,14H2,(H2,26,28,30);6-12,31H,3-5,14H2,1-2H3,(H2,26,28,30);5-11,14,29H,2-4,13H2,1H3,(H2,25,27,30)/t;;14-/m..1/s1. The molecule has 0 bridgehead atoms. The molecule has 6 amide bonds. The highest BCUT2D eigenvalue weighted by atomic mass is 32.2. The van der Waals surface area contributed by atoms with Crippen molar-refractivity contribution in [3.8, 4) is 51.6 Å². The maximum absolute atomic E-state index is 12.9. The van der Waals surface area contributed by atoms with Crippen LogP contribution in [0.1, 0.15) is 103 Å². The first-order valence-electron chi connectivity index (χ1n) is 31.9. The number of nitrogens with one attached hydrogen (secondary N) is 6. The third-order valence-corrected chi connectivity index (χ3v) is 20.4. The van der Waals surface area contributed by atoms with E-state index in [1.165, 1.54) is 58.5 Å². The molecule has 1 unspecified atom stereocenters. The summed E-state index contributed by atoms with van der Waals surface area (Å²) in [6.45, 7) is 5.99. The van der Waals surface area contributed by atoms with Crippen molar-refractivity contribution in [3.05, 3.63) is 179 Å². The fourth-order valence-electron chi connectivity index (χ4n) is 12.3.